The largest absolute Gasteiger partial charge is 0.449 e. The minimum atomic E-state index is -0.322. The summed E-state index contributed by atoms with van der Waals surface area (Å²) in [7, 11) is 0. The van der Waals surface area contributed by atoms with Crippen molar-refractivity contribution in [1.82, 2.24) is 14.8 Å². The Balaban J connectivity index is 1.93. The standard InChI is InChI=1S/C17H25N3O4/c1-12(2)11-24-17(23)20-6-4-5-19(7-8-20)16(22)15-9-14(10-18-15)13(3)21/h9-10,12,18H,4-8,11H2,1-3H3. The molecule has 0 atom stereocenters. The number of ether oxygens (including phenoxy) is 1. The first-order valence-corrected chi connectivity index (χ1v) is 8.28. The summed E-state index contributed by atoms with van der Waals surface area (Å²) in [6.07, 6.45) is 1.92. The molecule has 1 aromatic heterocycles. The van der Waals surface area contributed by atoms with Gasteiger partial charge >= 0.3 is 6.09 Å². The molecule has 1 saturated heterocycles. The number of Topliss-reactive ketones (excluding diaryl/α,β-unsaturated/α-hetero) is 1. The van der Waals surface area contributed by atoms with Crippen molar-refractivity contribution in [2.45, 2.75) is 27.2 Å². The molecule has 1 aliphatic heterocycles. The van der Waals surface area contributed by atoms with Gasteiger partial charge in [0.1, 0.15) is 5.69 Å². The third-order valence-electron chi connectivity index (χ3n) is 3.90. The SMILES string of the molecule is CC(=O)c1c[nH]c(C(=O)N2CCCN(C(=O)OCC(C)C)CC2)c1. The van der Waals surface area contributed by atoms with E-state index in [4.69, 9.17) is 4.74 Å². The van der Waals surface area contributed by atoms with Gasteiger partial charge in [0.2, 0.25) is 0 Å². The Morgan fingerprint density at radius 3 is 2.46 bits per heavy atom. The number of carbonyl (C=O) groups excluding carboxylic acids is 3. The molecule has 24 heavy (non-hydrogen) atoms. The van der Waals surface area contributed by atoms with E-state index in [0.717, 1.165) is 0 Å². The summed E-state index contributed by atoms with van der Waals surface area (Å²) >= 11 is 0. The Labute approximate surface area is 141 Å². The van der Waals surface area contributed by atoms with E-state index in [9.17, 15) is 14.4 Å². The number of aromatic nitrogens is 1. The van der Waals surface area contributed by atoms with Gasteiger partial charge < -0.3 is 19.5 Å². The van der Waals surface area contributed by atoms with E-state index in [1.165, 1.54) is 6.92 Å². The molecule has 0 unspecified atom stereocenters. The van der Waals surface area contributed by atoms with Crippen LogP contribution in [0, 0.1) is 5.92 Å². The van der Waals surface area contributed by atoms with Crippen molar-refractivity contribution >= 4 is 17.8 Å². The first-order valence-electron chi connectivity index (χ1n) is 8.28. The normalized spacial score (nSPS) is 15.3. The van der Waals surface area contributed by atoms with Gasteiger partial charge in [0.05, 0.1) is 6.61 Å². The number of ketones is 1. The van der Waals surface area contributed by atoms with E-state index in [1.54, 1.807) is 22.1 Å². The second-order valence-electron chi connectivity index (χ2n) is 6.46. The van der Waals surface area contributed by atoms with Crippen LogP contribution in [-0.4, -0.2) is 65.4 Å². The molecule has 2 amide bonds. The molecule has 0 radical (unpaired) electrons. The van der Waals surface area contributed by atoms with Gasteiger partial charge in [0, 0.05) is 37.9 Å². The third-order valence-corrected chi connectivity index (χ3v) is 3.90. The first kappa shape index (κ1) is 18.0. The van der Waals surface area contributed by atoms with E-state index in [1.807, 2.05) is 13.8 Å². The Kier molecular flexibility index (Phi) is 6.00. The smallest absolute Gasteiger partial charge is 0.409 e. The Morgan fingerprint density at radius 2 is 1.83 bits per heavy atom. The van der Waals surface area contributed by atoms with Crippen LogP contribution in [0.4, 0.5) is 4.79 Å². The lowest BCUT2D eigenvalue weighted by Gasteiger charge is -2.22. The highest BCUT2D eigenvalue weighted by Gasteiger charge is 2.24. The molecule has 132 valence electrons. The summed E-state index contributed by atoms with van der Waals surface area (Å²) in [6.45, 7) is 7.88. The molecule has 2 rings (SSSR count). The third kappa shape index (κ3) is 4.59. The fraction of sp³-hybridized carbons (Fsp3) is 0.588. The van der Waals surface area contributed by atoms with Crippen LogP contribution in [0.25, 0.3) is 0 Å². The van der Waals surface area contributed by atoms with Crippen LogP contribution in [0.2, 0.25) is 0 Å². The van der Waals surface area contributed by atoms with E-state index in [2.05, 4.69) is 4.98 Å². The van der Waals surface area contributed by atoms with E-state index in [-0.39, 0.29) is 17.8 Å². The van der Waals surface area contributed by atoms with Crippen LogP contribution < -0.4 is 0 Å². The minimum absolute atomic E-state index is 0.0831. The van der Waals surface area contributed by atoms with Gasteiger partial charge in [-0.2, -0.15) is 0 Å². The zero-order valence-corrected chi connectivity index (χ0v) is 14.5. The summed E-state index contributed by atoms with van der Waals surface area (Å²) in [4.78, 5) is 42.1. The van der Waals surface area contributed by atoms with E-state index < -0.39 is 0 Å². The topological polar surface area (TPSA) is 82.7 Å². The molecule has 0 aromatic carbocycles. The molecule has 1 aromatic rings. The van der Waals surface area contributed by atoms with Crippen molar-refractivity contribution in [3.8, 4) is 0 Å². The van der Waals surface area contributed by atoms with Crippen LogP contribution >= 0.6 is 0 Å². The fourth-order valence-electron chi connectivity index (χ4n) is 2.52. The monoisotopic (exact) mass is 335 g/mol. The molecule has 7 heteroatoms. The molecule has 0 bridgehead atoms. The number of H-pyrrole nitrogens is 1. The molecule has 0 aliphatic carbocycles. The summed E-state index contributed by atoms with van der Waals surface area (Å²) in [5.74, 6) is 0.0579. The molecule has 1 N–H and O–H groups in total. The van der Waals surface area contributed by atoms with Crippen LogP contribution in [-0.2, 0) is 4.74 Å². The number of amides is 2. The maximum atomic E-state index is 12.5. The second-order valence-corrected chi connectivity index (χ2v) is 6.46. The molecule has 0 saturated carbocycles. The minimum Gasteiger partial charge on any atom is -0.449 e. The number of nitrogens with one attached hydrogen (secondary N) is 1. The maximum absolute atomic E-state index is 12.5. The molecule has 2 heterocycles. The Morgan fingerprint density at radius 1 is 1.17 bits per heavy atom. The second kappa shape index (κ2) is 7.99. The molecule has 1 fully saturated rings. The average molecular weight is 335 g/mol. The predicted molar refractivity (Wildman–Crippen MR) is 89.1 cm³/mol. The van der Waals surface area contributed by atoms with E-state index in [0.29, 0.717) is 56.4 Å². The maximum Gasteiger partial charge on any atom is 0.409 e. The van der Waals surface area contributed by atoms with Gasteiger partial charge in [-0.05, 0) is 25.3 Å². The molecular formula is C17H25N3O4. The predicted octanol–water partition coefficient (Wildman–Crippen LogP) is 2.16. The summed E-state index contributed by atoms with van der Waals surface area (Å²) in [5, 5.41) is 0. The fourth-order valence-corrected chi connectivity index (χ4v) is 2.52. The quantitative estimate of drug-likeness (QED) is 0.855. The lowest BCUT2D eigenvalue weighted by atomic mass is 10.2. The van der Waals surface area contributed by atoms with Crippen LogP contribution in [0.3, 0.4) is 0 Å². The number of carbonyl (C=O) groups is 3. The van der Waals surface area contributed by atoms with Crippen molar-refractivity contribution in [3.05, 3.63) is 23.5 Å². The highest BCUT2D eigenvalue weighted by atomic mass is 16.6. The van der Waals surface area contributed by atoms with Crippen molar-refractivity contribution in [2.75, 3.05) is 32.8 Å². The van der Waals surface area contributed by atoms with Crippen LogP contribution in [0.1, 0.15) is 48.0 Å². The summed E-state index contributed by atoms with van der Waals surface area (Å²) in [5.41, 5.74) is 0.892. The number of hydrogen-bond donors (Lipinski definition) is 1. The van der Waals surface area contributed by atoms with Crippen LogP contribution in [0.15, 0.2) is 12.3 Å². The molecular weight excluding hydrogens is 310 g/mol. The molecule has 7 nitrogen and oxygen atoms in total. The molecule has 1 aliphatic rings. The highest BCUT2D eigenvalue weighted by Crippen LogP contribution is 2.11. The first-order chi connectivity index (χ1) is 11.4. The van der Waals surface area contributed by atoms with Crippen molar-refractivity contribution in [2.24, 2.45) is 5.92 Å². The summed E-state index contributed by atoms with van der Waals surface area (Å²) in [6, 6.07) is 1.57. The summed E-state index contributed by atoms with van der Waals surface area (Å²) < 4.78 is 5.25. The number of aromatic amines is 1. The van der Waals surface area contributed by atoms with Crippen molar-refractivity contribution in [1.29, 1.82) is 0 Å². The van der Waals surface area contributed by atoms with Gasteiger partial charge in [0.15, 0.2) is 5.78 Å². The lowest BCUT2D eigenvalue weighted by molar-refractivity contribution is 0.0741. The molecule has 0 spiro atoms. The Bertz CT molecular complexity index is 609. The highest BCUT2D eigenvalue weighted by molar-refractivity contribution is 5.99. The Hall–Kier alpha value is -2.31. The number of hydrogen-bond acceptors (Lipinski definition) is 4. The van der Waals surface area contributed by atoms with Gasteiger partial charge in [-0.25, -0.2) is 4.79 Å². The lowest BCUT2D eigenvalue weighted by Crippen LogP contribution is -2.38. The van der Waals surface area contributed by atoms with E-state index >= 15 is 0 Å². The van der Waals surface area contributed by atoms with Crippen LogP contribution in [0.5, 0.6) is 0 Å². The van der Waals surface area contributed by atoms with Crippen molar-refractivity contribution < 1.29 is 19.1 Å². The number of nitrogens with zero attached hydrogens (tertiary/aromatic N) is 2. The zero-order chi connectivity index (χ0) is 17.7. The average Bonchev–Trinajstić information content (AvgIpc) is 2.90. The van der Waals surface area contributed by atoms with Gasteiger partial charge in [-0.3, -0.25) is 9.59 Å². The van der Waals surface area contributed by atoms with Gasteiger partial charge in [-0.15, -0.1) is 0 Å². The zero-order valence-electron chi connectivity index (χ0n) is 14.5. The van der Waals surface area contributed by atoms with Gasteiger partial charge in [0.25, 0.3) is 5.91 Å². The van der Waals surface area contributed by atoms with Crippen molar-refractivity contribution in [3.63, 3.8) is 0 Å². The van der Waals surface area contributed by atoms with Gasteiger partial charge in [-0.1, -0.05) is 13.8 Å². The number of rotatable bonds is 4.